The van der Waals surface area contributed by atoms with Crippen molar-refractivity contribution in [3.8, 4) is 5.75 Å². The molecule has 0 radical (unpaired) electrons. The first-order chi connectivity index (χ1) is 14.2. The fraction of sp³-hybridized carbons (Fsp3) is 0.190. The van der Waals surface area contributed by atoms with Gasteiger partial charge in [-0.05, 0) is 48.9 Å². The lowest BCUT2D eigenvalue weighted by molar-refractivity contribution is -0.154. The van der Waals surface area contributed by atoms with Gasteiger partial charge in [0.1, 0.15) is 5.75 Å². The molecule has 0 atom stereocenters. The number of aromatic nitrogens is 1. The molecule has 0 saturated carbocycles. The van der Waals surface area contributed by atoms with E-state index in [1.807, 2.05) is 0 Å². The van der Waals surface area contributed by atoms with E-state index >= 15 is 0 Å². The zero-order valence-electron chi connectivity index (χ0n) is 16.1. The predicted molar refractivity (Wildman–Crippen MR) is 112 cm³/mol. The normalized spacial score (nSPS) is 10.8. The highest BCUT2D eigenvalue weighted by atomic mass is 35.5. The van der Waals surface area contributed by atoms with Crippen molar-refractivity contribution >= 4 is 52.0 Å². The summed E-state index contributed by atoms with van der Waals surface area (Å²) in [6, 6.07) is 9.69. The summed E-state index contributed by atoms with van der Waals surface area (Å²) in [5.74, 6) is -1.78. The number of methoxy groups -OCH3 is 1. The summed E-state index contributed by atoms with van der Waals surface area (Å²) >= 11 is 12.0. The molecule has 0 spiro atoms. The molecule has 0 amide bonds. The lowest BCUT2D eigenvalue weighted by Crippen LogP contribution is -2.16. The minimum Gasteiger partial charge on any atom is -0.497 e. The summed E-state index contributed by atoms with van der Waals surface area (Å²) in [6.45, 7) is 0.962. The molecule has 7 nitrogen and oxygen atoms in total. The van der Waals surface area contributed by atoms with Crippen LogP contribution in [0.5, 0.6) is 5.75 Å². The van der Waals surface area contributed by atoms with Crippen molar-refractivity contribution in [1.82, 2.24) is 4.57 Å². The molecule has 0 bridgehead atoms. The van der Waals surface area contributed by atoms with Crippen molar-refractivity contribution in [1.29, 1.82) is 0 Å². The smallest absolute Gasteiger partial charge is 0.341 e. The standard InChI is InChI=1S/C21H17Cl2NO6/c1-11-14(9-20(27)30-10-19(25)26)15-8-13(29-2)4-6-18(15)24(11)21(28)12-3-5-16(22)17(23)7-12/h3-8H,9-10H2,1-2H3,(H,25,26). The topological polar surface area (TPSA) is 94.8 Å². The molecule has 0 aliphatic carbocycles. The summed E-state index contributed by atoms with van der Waals surface area (Å²) in [7, 11) is 1.51. The van der Waals surface area contributed by atoms with Gasteiger partial charge in [-0.2, -0.15) is 0 Å². The number of carboxylic acids is 1. The second-order valence-electron chi connectivity index (χ2n) is 6.45. The van der Waals surface area contributed by atoms with E-state index in [0.717, 1.165) is 0 Å². The van der Waals surface area contributed by atoms with Gasteiger partial charge in [0.2, 0.25) is 0 Å². The SMILES string of the molecule is COc1ccc2c(c1)c(CC(=O)OCC(=O)O)c(C)n2C(=O)c1ccc(Cl)c(Cl)c1. The van der Waals surface area contributed by atoms with Crippen LogP contribution in [0.3, 0.4) is 0 Å². The zero-order chi connectivity index (χ0) is 22.0. The summed E-state index contributed by atoms with van der Waals surface area (Å²) < 4.78 is 11.5. The molecule has 0 saturated heterocycles. The predicted octanol–water partition coefficient (Wildman–Crippen LogP) is 4.12. The molecule has 9 heteroatoms. The second kappa shape index (κ2) is 8.77. The number of benzene rings is 2. The maximum atomic E-state index is 13.2. The van der Waals surface area contributed by atoms with E-state index in [1.165, 1.54) is 23.8 Å². The first-order valence-corrected chi connectivity index (χ1v) is 9.53. The summed E-state index contributed by atoms with van der Waals surface area (Å²) in [5, 5.41) is 9.90. The van der Waals surface area contributed by atoms with Crippen LogP contribution in [0, 0.1) is 6.92 Å². The molecular formula is C21H17Cl2NO6. The van der Waals surface area contributed by atoms with Gasteiger partial charge < -0.3 is 14.6 Å². The molecule has 30 heavy (non-hydrogen) atoms. The summed E-state index contributed by atoms with van der Waals surface area (Å²) in [6.07, 6.45) is -0.204. The number of carbonyl (C=O) groups is 3. The van der Waals surface area contributed by atoms with Crippen LogP contribution in [0.2, 0.25) is 10.0 Å². The van der Waals surface area contributed by atoms with Crippen molar-refractivity contribution in [2.24, 2.45) is 0 Å². The molecule has 0 aliphatic rings. The van der Waals surface area contributed by atoms with Gasteiger partial charge >= 0.3 is 11.9 Å². The second-order valence-corrected chi connectivity index (χ2v) is 7.26. The molecule has 0 fully saturated rings. The Morgan fingerprint density at radius 3 is 2.43 bits per heavy atom. The van der Waals surface area contributed by atoms with Crippen LogP contribution >= 0.6 is 23.2 Å². The van der Waals surface area contributed by atoms with Crippen molar-refractivity contribution in [3.05, 3.63) is 63.3 Å². The van der Waals surface area contributed by atoms with E-state index in [1.54, 1.807) is 31.2 Å². The quantitative estimate of drug-likeness (QED) is 0.568. The van der Waals surface area contributed by atoms with Crippen LogP contribution in [0.4, 0.5) is 0 Å². The highest BCUT2D eigenvalue weighted by Crippen LogP contribution is 2.31. The lowest BCUT2D eigenvalue weighted by Gasteiger charge is -2.09. The van der Waals surface area contributed by atoms with Crippen LogP contribution < -0.4 is 4.74 Å². The molecule has 3 aromatic rings. The number of carbonyl (C=O) groups excluding carboxylic acids is 2. The van der Waals surface area contributed by atoms with Gasteiger partial charge in [-0.3, -0.25) is 14.2 Å². The van der Waals surface area contributed by atoms with Crippen LogP contribution in [0.1, 0.15) is 21.6 Å². The average Bonchev–Trinajstić information content (AvgIpc) is 2.98. The number of rotatable bonds is 6. The minimum atomic E-state index is -1.25. The number of fused-ring (bicyclic) bond motifs is 1. The maximum Gasteiger partial charge on any atom is 0.341 e. The van der Waals surface area contributed by atoms with Crippen molar-refractivity contribution in [2.45, 2.75) is 13.3 Å². The highest BCUT2D eigenvalue weighted by molar-refractivity contribution is 6.42. The number of esters is 1. The fourth-order valence-electron chi connectivity index (χ4n) is 3.17. The van der Waals surface area contributed by atoms with E-state index in [2.05, 4.69) is 0 Å². The van der Waals surface area contributed by atoms with Crippen LogP contribution in [-0.2, 0) is 20.7 Å². The maximum absolute atomic E-state index is 13.2. The largest absolute Gasteiger partial charge is 0.497 e. The van der Waals surface area contributed by atoms with Crippen molar-refractivity contribution in [2.75, 3.05) is 13.7 Å². The third kappa shape index (κ3) is 4.27. The van der Waals surface area contributed by atoms with Crippen LogP contribution in [-0.4, -0.2) is 41.2 Å². The molecule has 1 N–H and O–H groups in total. The van der Waals surface area contributed by atoms with E-state index in [0.29, 0.717) is 38.5 Å². The first kappa shape index (κ1) is 21.7. The van der Waals surface area contributed by atoms with E-state index in [4.69, 9.17) is 37.8 Å². The summed E-state index contributed by atoms with van der Waals surface area (Å²) in [4.78, 5) is 36.1. The van der Waals surface area contributed by atoms with Crippen molar-refractivity contribution < 1.29 is 29.0 Å². The van der Waals surface area contributed by atoms with Crippen LogP contribution in [0.15, 0.2) is 36.4 Å². The Morgan fingerprint density at radius 2 is 1.80 bits per heavy atom. The Balaban J connectivity index is 2.11. The van der Waals surface area contributed by atoms with E-state index < -0.39 is 18.5 Å². The number of carboxylic acid groups (broad SMARTS) is 1. The Kier molecular flexibility index (Phi) is 6.34. The van der Waals surface area contributed by atoms with Gasteiger partial charge in [0.25, 0.3) is 5.91 Å². The number of hydrogen-bond acceptors (Lipinski definition) is 5. The molecule has 3 rings (SSSR count). The number of ether oxygens (including phenoxy) is 2. The van der Waals surface area contributed by atoms with Gasteiger partial charge in [-0.25, -0.2) is 4.79 Å². The van der Waals surface area contributed by atoms with E-state index in [-0.39, 0.29) is 17.4 Å². The Hall–Kier alpha value is -3.03. The monoisotopic (exact) mass is 449 g/mol. The van der Waals surface area contributed by atoms with Crippen LogP contribution in [0.25, 0.3) is 10.9 Å². The lowest BCUT2D eigenvalue weighted by atomic mass is 10.1. The van der Waals surface area contributed by atoms with Crippen molar-refractivity contribution in [3.63, 3.8) is 0 Å². The molecule has 1 heterocycles. The molecule has 156 valence electrons. The number of hydrogen-bond donors (Lipinski definition) is 1. The molecular weight excluding hydrogens is 433 g/mol. The zero-order valence-corrected chi connectivity index (χ0v) is 17.6. The minimum absolute atomic E-state index is 0.204. The van der Waals surface area contributed by atoms with Gasteiger partial charge in [-0.15, -0.1) is 0 Å². The Bertz CT molecular complexity index is 1170. The molecule has 1 aromatic heterocycles. The molecule has 2 aromatic carbocycles. The third-order valence-electron chi connectivity index (χ3n) is 4.59. The first-order valence-electron chi connectivity index (χ1n) is 8.78. The fourth-order valence-corrected chi connectivity index (χ4v) is 3.47. The van der Waals surface area contributed by atoms with Gasteiger partial charge in [0, 0.05) is 16.6 Å². The van der Waals surface area contributed by atoms with Gasteiger partial charge in [-0.1, -0.05) is 23.2 Å². The number of halogens is 2. The van der Waals surface area contributed by atoms with Gasteiger partial charge in [0.05, 0.1) is 29.1 Å². The highest BCUT2D eigenvalue weighted by Gasteiger charge is 2.23. The van der Waals surface area contributed by atoms with Gasteiger partial charge in [0.15, 0.2) is 6.61 Å². The Labute approximate surface area is 181 Å². The molecule has 0 unspecified atom stereocenters. The van der Waals surface area contributed by atoms with E-state index in [9.17, 15) is 14.4 Å². The third-order valence-corrected chi connectivity index (χ3v) is 5.33. The number of nitrogens with zero attached hydrogens (tertiary/aromatic N) is 1. The summed E-state index contributed by atoms with van der Waals surface area (Å²) in [5.41, 5.74) is 1.93. The Morgan fingerprint density at radius 1 is 1.07 bits per heavy atom. The average molecular weight is 450 g/mol. The molecule has 0 aliphatic heterocycles. The number of aliphatic carboxylic acids is 1.